The van der Waals surface area contributed by atoms with Gasteiger partial charge in [0.05, 0.1) is 13.7 Å². The van der Waals surface area contributed by atoms with E-state index in [1.165, 1.54) is 0 Å². The summed E-state index contributed by atoms with van der Waals surface area (Å²) in [6, 6.07) is 6.02. The zero-order valence-corrected chi connectivity index (χ0v) is 12.3. The highest BCUT2D eigenvalue weighted by Gasteiger charge is 2.08. The lowest BCUT2D eigenvalue weighted by atomic mass is 10.1. The Morgan fingerprint density at radius 2 is 2.17 bits per heavy atom. The number of nitrogens with two attached hydrogens (primary N) is 1. The number of methoxy groups -OCH3 is 1. The van der Waals surface area contributed by atoms with Crippen LogP contribution in [-0.4, -0.2) is 31.8 Å². The van der Waals surface area contributed by atoms with E-state index in [0.717, 1.165) is 42.3 Å². The third-order valence-electron chi connectivity index (χ3n) is 2.56. The summed E-state index contributed by atoms with van der Waals surface area (Å²) in [6.45, 7) is 2.75. The van der Waals surface area contributed by atoms with Crippen LogP contribution in [0.2, 0.25) is 0 Å². The molecule has 1 unspecified atom stereocenters. The first-order valence-corrected chi connectivity index (χ1v) is 7.61. The SMILES string of the molecule is COc1ccc(OCCCSC)c(CC(C)N)c1. The molecule has 0 fully saturated rings. The van der Waals surface area contributed by atoms with Crippen LogP contribution in [0.3, 0.4) is 0 Å². The maximum atomic E-state index is 5.86. The molecule has 18 heavy (non-hydrogen) atoms. The molecule has 3 nitrogen and oxygen atoms in total. The summed E-state index contributed by atoms with van der Waals surface area (Å²) >= 11 is 1.84. The minimum atomic E-state index is 0.116. The van der Waals surface area contributed by atoms with Gasteiger partial charge in [0.2, 0.25) is 0 Å². The van der Waals surface area contributed by atoms with Gasteiger partial charge in [-0.15, -0.1) is 0 Å². The average molecular weight is 269 g/mol. The Hall–Kier alpha value is -0.870. The van der Waals surface area contributed by atoms with Crippen molar-refractivity contribution < 1.29 is 9.47 Å². The van der Waals surface area contributed by atoms with E-state index in [2.05, 4.69) is 6.26 Å². The van der Waals surface area contributed by atoms with Crippen LogP contribution in [0.4, 0.5) is 0 Å². The summed E-state index contributed by atoms with van der Waals surface area (Å²) in [5.41, 5.74) is 6.98. The van der Waals surface area contributed by atoms with E-state index < -0.39 is 0 Å². The molecule has 0 bridgehead atoms. The fourth-order valence-corrected chi connectivity index (χ4v) is 2.12. The molecule has 0 heterocycles. The fourth-order valence-electron chi connectivity index (χ4n) is 1.72. The topological polar surface area (TPSA) is 44.5 Å². The monoisotopic (exact) mass is 269 g/mol. The summed E-state index contributed by atoms with van der Waals surface area (Å²) in [6.07, 6.45) is 3.97. The Morgan fingerprint density at radius 3 is 2.78 bits per heavy atom. The molecule has 0 radical (unpaired) electrons. The second-order valence-electron chi connectivity index (χ2n) is 4.35. The van der Waals surface area contributed by atoms with Gasteiger partial charge in [0.1, 0.15) is 11.5 Å². The smallest absolute Gasteiger partial charge is 0.122 e. The second kappa shape index (κ2) is 8.27. The van der Waals surface area contributed by atoms with Gasteiger partial charge in [0.25, 0.3) is 0 Å². The summed E-state index contributed by atoms with van der Waals surface area (Å²) in [7, 11) is 1.67. The van der Waals surface area contributed by atoms with Gasteiger partial charge in [0.15, 0.2) is 0 Å². The van der Waals surface area contributed by atoms with Gasteiger partial charge in [-0.25, -0.2) is 0 Å². The first kappa shape index (κ1) is 15.2. The van der Waals surface area contributed by atoms with Gasteiger partial charge >= 0.3 is 0 Å². The maximum absolute atomic E-state index is 5.86. The molecular weight excluding hydrogens is 246 g/mol. The fraction of sp³-hybridized carbons (Fsp3) is 0.571. The van der Waals surface area contributed by atoms with Gasteiger partial charge < -0.3 is 15.2 Å². The number of benzene rings is 1. The third kappa shape index (κ3) is 5.19. The highest BCUT2D eigenvalue weighted by atomic mass is 32.2. The standard InChI is InChI=1S/C14H23NO2S/c1-11(15)9-12-10-13(16-2)5-6-14(12)17-7-4-8-18-3/h5-6,10-11H,4,7-9,15H2,1-3H3. The summed E-state index contributed by atoms with van der Waals surface area (Å²) in [4.78, 5) is 0. The van der Waals surface area contributed by atoms with Crippen molar-refractivity contribution >= 4 is 11.8 Å². The largest absolute Gasteiger partial charge is 0.497 e. The van der Waals surface area contributed by atoms with Gasteiger partial charge in [-0.05, 0) is 55.5 Å². The first-order chi connectivity index (χ1) is 8.67. The van der Waals surface area contributed by atoms with E-state index in [1.807, 2.05) is 36.9 Å². The molecule has 0 aliphatic rings. The van der Waals surface area contributed by atoms with Crippen LogP contribution in [-0.2, 0) is 6.42 Å². The number of hydrogen-bond donors (Lipinski definition) is 1. The van der Waals surface area contributed by atoms with Crippen molar-refractivity contribution in [2.24, 2.45) is 5.73 Å². The lowest BCUT2D eigenvalue weighted by Gasteiger charge is -2.14. The molecule has 1 aromatic carbocycles. The van der Waals surface area contributed by atoms with Crippen LogP contribution in [0, 0.1) is 0 Å². The van der Waals surface area contributed by atoms with Crippen LogP contribution in [0.25, 0.3) is 0 Å². The van der Waals surface area contributed by atoms with Gasteiger partial charge in [-0.1, -0.05) is 0 Å². The van der Waals surface area contributed by atoms with Crippen LogP contribution >= 0.6 is 11.8 Å². The van der Waals surface area contributed by atoms with Crippen LogP contribution in [0.15, 0.2) is 18.2 Å². The molecule has 1 rings (SSSR count). The van der Waals surface area contributed by atoms with Gasteiger partial charge in [-0.2, -0.15) is 11.8 Å². The van der Waals surface area contributed by atoms with Crippen molar-refractivity contribution in [3.8, 4) is 11.5 Å². The van der Waals surface area contributed by atoms with E-state index in [4.69, 9.17) is 15.2 Å². The van der Waals surface area contributed by atoms with E-state index in [0.29, 0.717) is 0 Å². The molecule has 2 N–H and O–H groups in total. The molecule has 0 aliphatic carbocycles. The average Bonchev–Trinajstić information content (AvgIpc) is 2.35. The molecule has 0 spiro atoms. The predicted octanol–water partition coefficient (Wildman–Crippen LogP) is 2.72. The van der Waals surface area contributed by atoms with Crippen LogP contribution in [0.5, 0.6) is 11.5 Å². The highest BCUT2D eigenvalue weighted by molar-refractivity contribution is 7.98. The molecule has 0 amide bonds. The van der Waals surface area contributed by atoms with Crippen molar-refractivity contribution in [2.75, 3.05) is 25.7 Å². The highest BCUT2D eigenvalue weighted by Crippen LogP contribution is 2.25. The molecule has 4 heteroatoms. The number of ether oxygens (including phenoxy) is 2. The lowest BCUT2D eigenvalue weighted by Crippen LogP contribution is -2.18. The molecule has 0 aliphatic heterocycles. The van der Waals surface area contributed by atoms with E-state index in [1.54, 1.807) is 7.11 Å². The van der Waals surface area contributed by atoms with Crippen molar-refractivity contribution in [3.05, 3.63) is 23.8 Å². The molecule has 0 saturated heterocycles. The van der Waals surface area contributed by atoms with Gasteiger partial charge in [-0.3, -0.25) is 0 Å². The molecule has 1 aromatic rings. The van der Waals surface area contributed by atoms with E-state index in [-0.39, 0.29) is 6.04 Å². The summed E-state index contributed by atoms with van der Waals surface area (Å²) in [5, 5.41) is 0. The first-order valence-electron chi connectivity index (χ1n) is 6.21. The van der Waals surface area contributed by atoms with E-state index >= 15 is 0 Å². The lowest BCUT2D eigenvalue weighted by molar-refractivity contribution is 0.314. The Kier molecular flexibility index (Phi) is 6.98. The summed E-state index contributed by atoms with van der Waals surface area (Å²) < 4.78 is 11.0. The van der Waals surface area contributed by atoms with Crippen molar-refractivity contribution in [2.45, 2.75) is 25.8 Å². The molecule has 102 valence electrons. The maximum Gasteiger partial charge on any atom is 0.122 e. The Morgan fingerprint density at radius 1 is 1.39 bits per heavy atom. The van der Waals surface area contributed by atoms with Crippen LogP contribution in [0.1, 0.15) is 18.9 Å². The van der Waals surface area contributed by atoms with Crippen molar-refractivity contribution in [3.63, 3.8) is 0 Å². The number of rotatable bonds is 8. The second-order valence-corrected chi connectivity index (χ2v) is 5.34. The zero-order valence-electron chi connectivity index (χ0n) is 11.4. The van der Waals surface area contributed by atoms with Crippen molar-refractivity contribution in [1.82, 2.24) is 0 Å². The quantitative estimate of drug-likeness (QED) is 0.737. The molecule has 0 saturated carbocycles. The Labute approximate surface area is 114 Å². The summed E-state index contributed by atoms with van der Waals surface area (Å²) in [5.74, 6) is 2.90. The van der Waals surface area contributed by atoms with Crippen molar-refractivity contribution in [1.29, 1.82) is 0 Å². The Bertz CT molecular complexity index is 356. The zero-order chi connectivity index (χ0) is 13.4. The predicted molar refractivity (Wildman–Crippen MR) is 78.8 cm³/mol. The number of thioether (sulfide) groups is 1. The minimum absolute atomic E-state index is 0.116. The van der Waals surface area contributed by atoms with Gasteiger partial charge in [0, 0.05) is 6.04 Å². The molecular formula is C14H23NO2S. The molecule has 1 atom stereocenters. The third-order valence-corrected chi connectivity index (χ3v) is 3.26. The normalized spacial score (nSPS) is 12.2. The minimum Gasteiger partial charge on any atom is -0.497 e. The molecule has 0 aromatic heterocycles. The van der Waals surface area contributed by atoms with Crippen LogP contribution < -0.4 is 15.2 Å². The Balaban J connectivity index is 2.68. The number of hydrogen-bond acceptors (Lipinski definition) is 4. The van der Waals surface area contributed by atoms with E-state index in [9.17, 15) is 0 Å².